The number of nitrogens with two attached hydrogens (primary N) is 1. The quantitative estimate of drug-likeness (QED) is 0.824. The van der Waals surface area contributed by atoms with Crippen LogP contribution < -0.4 is 11.1 Å². The second-order valence-corrected chi connectivity index (χ2v) is 4.61. The highest BCUT2D eigenvalue weighted by Crippen LogP contribution is 2.24. The number of carbonyl (C=O) groups is 1. The van der Waals surface area contributed by atoms with E-state index in [1.807, 2.05) is 0 Å². The number of nitrogen functional groups attached to an aromatic ring is 1. The van der Waals surface area contributed by atoms with Gasteiger partial charge in [0.25, 0.3) is 5.91 Å². The Balaban J connectivity index is 2.28. The number of hydrogen-bond acceptors (Lipinski definition) is 2. The Morgan fingerprint density at radius 1 is 1.16 bits per heavy atom. The van der Waals surface area contributed by atoms with Crippen molar-refractivity contribution >= 4 is 40.5 Å². The van der Waals surface area contributed by atoms with Crippen molar-refractivity contribution in [3.8, 4) is 0 Å². The Morgan fingerprint density at radius 2 is 1.89 bits per heavy atom. The van der Waals surface area contributed by atoms with Crippen LogP contribution >= 0.6 is 23.2 Å². The van der Waals surface area contributed by atoms with Crippen molar-refractivity contribution in [3.05, 3.63) is 57.8 Å². The van der Waals surface area contributed by atoms with Crippen LogP contribution in [0.25, 0.3) is 0 Å². The molecule has 0 unspecified atom stereocenters. The molecule has 98 valence electrons. The van der Waals surface area contributed by atoms with Crippen LogP contribution in [0.4, 0.5) is 15.8 Å². The third-order valence-corrected chi connectivity index (χ3v) is 3.04. The Hall–Kier alpha value is -1.78. The molecular formula is C13H9Cl2FN2O. The molecule has 0 radical (unpaired) electrons. The van der Waals surface area contributed by atoms with E-state index < -0.39 is 11.7 Å². The lowest BCUT2D eigenvalue weighted by molar-refractivity contribution is 0.102. The van der Waals surface area contributed by atoms with Gasteiger partial charge in [-0.25, -0.2) is 4.39 Å². The van der Waals surface area contributed by atoms with Crippen LogP contribution in [-0.4, -0.2) is 5.91 Å². The minimum atomic E-state index is -0.691. The Kier molecular flexibility index (Phi) is 3.93. The molecule has 3 nitrogen and oxygen atoms in total. The molecule has 0 aliphatic carbocycles. The van der Waals surface area contributed by atoms with Gasteiger partial charge in [0.05, 0.1) is 21.3 Å². The number of amides is 1. The number of nitrogens with one attached hydrogen (secondary N) is 1. The van der Waals surface area contributed by atoms with Crippen LogP contribution in [0.15, 0.2) is 36.4 Å². The molecule has 0 aliphatic heterocycles. The first-order chi connectivity index (χ1) is 8.99. The highest BCUT2D eigenvalue weighted by atomic mass is 35.5. The molecule has 19 heavy (non-hydrogen) atoms. The smallest absolute Gasteiger partial charge is 0.257 e. The molecule has 2 aromatic rings. The van der Waals surface area contributed by atoms with Gasteiger partial charge in [-0.3, -0.25) is 4.79 Å². The summed E-state index contributed by atoms with van der Waals surface area (Å²) in [5.41, 5.74) is 6.17. The molecule has 3 N–H and O–H groups in total. The molecule has 2 rings (SSSR count). The van der Waals surface area contributed by atoms with Crippen LogP contribution in [0.5, 0.6) is 0 Å². The van der Waals surface area contributed by atoms with Crippen molar-refractivity contribution in [1.29, 1.82) is 0 Å². The normalized spacial score (nSPS) is 10.3. The lowest BCUT2D eigenvalue weighted by Crippen LogP contribution is -2.13. The third kappa shape index (κ3) is 2.97. The maximum absolute atomic E-state index is 13.6. The van der Waals surface area contributed by atoms with Crippen LogP contribution in [0.3, 0.4) is 0 Å². The van der Waals surface area contributed by atoms with Gasteiger partial charge in [-0.05, 0) is 30.3 Å². The van der Waals surface area contributed by atoms with Crippen molar-refractivity contribution < 1.29 is 9.18 Å². The van der Waals surface area contributed by atoms with Crippen LogP contribution in [-0.2, 0) is 0 Å². The number of anilines is 2. The summed E-state index contributed by atoms with van der Waals surface area (Å²) in [7, 11) is 0. The van der Waals surface area contributed by atoms with Crippen LogP contribution in [0, 0.1) is 5.82 Å². The standard InChI is InChI=1S/C13H9Cl2FN2O/c14-9-2-1-3-11(12(9)16)18-13(19)8-5-4-7(17)6-10(8)15/h1-6H,17H2,(H,18,19). The first-order valence-corrected chi connectivity index (χ1v) is 6.05. The molecule has 6 heteroatoms. The summed E-state index contributed by atoms with van der Waals surface area (Å²) in [6, 6.07) is 8.79. The molecule has 0 bridgehead atoms. The number of halogens is 3. The first-order valence-electron chi connectivity index (χ1n) is 5.29. The molecule has 0 aliphatic rings. The Morgan fingerprint density at radius 3 is 2.58 bits per heavy atom. The second kappa shape index (κ2) is 5.47. The molecule has 0 fully saturated rings. The van der Waals surface area contributed by atoms with E-state index in [9.17, 15) is 9.18 Å². The summed E-state index contributed by atoms with van der Waals surface area (Å²) >= 11 is 11.5. The van der Waals surface area contributed by atoms with Gasteiger partial charge in [-0.2, -0.15) is 0 Å². The van der Waals surface area contributed by atoms with E-state index in [1.165, 1.54) is 36.4 Å². The van der Waals surface area contributed by atoms with Crippen molar-refractivity contribution in [2.45, 2.75) is 0 Å². The number of rotatable bonds is 2. The minimum Gasteiger partial charge on any atom is -0.399 e. The monoisotopic (exact) mass is 298 g/mol. The molecule has 2 aromatic carbocycles. The average molecular weight is 299 g/mol. The van der Waals surface area contributed by atoms with Crippen molar-refractivity contribution in [2.75, 3.05) is 11.1 Å². The van der Waals surface area contributed by atoms with Gasteiger partial charge >= 0.3 is 0 Å². The largest absolute Gasteiger partial charge is 0.399 e. The second-order valence-electron chi connectivity index (χ2n) is 3.79. The van der Waals surface area contributed by atoms with Crippen molar-refractivity contribution in [2.24, 2.45) is 0 Å². The highest BCUT2D eigenvalue weighted by molar-refractivity contribution is 6.34. The van der Waals surface area contributed by atoms with Gasteiger partial charge in [0, 0.05) is 5.69 Å². The van der Waals surface area contributed by atoms with E-state index in [-0.39, 0.29) is 21.3 Å². The molecule has 0 aromatic heterocycles. The first kappa shape index (κ1) is 13.6. The fourth-order valence-corrected chi connectivity index (χ4v) is 1.95. The minimum absolute atomic E-state index is 0.00890. The maximum atomic E-state index is 13.6. The fraction of sp³-hybridized carbons (Fsp3) is 0. The van der Waals surface area contributed by atoms with Crippen molar-refractivity contribution in [1.82, 2.24) is 0 Å². The topological polar surface area (TPSA) is 55.1 Å². The van der Waals surface area contributed by atoms with E-state index in [1.54, 1.807) is 0 Å². The average Bonchev–Trinajstić information content (AvgIpc) is 2.34. The van der Waals surface area contributed by atoms with Crippen LogP contribution in [0.1, 0.15) is 10.4 Å². The Labute approximate surface area is 119 Å². The van der Waals surface area contributed by atoms with E-state index in [0.717, 1.165) is 0 Å². The lowest BCUT2D eigenvalue weighted by Gasteiger charge is -2.08. The number of hydrogen-bond donors (Lipinski definition) is 2. The summed E-state index contributed by atoms with van der Waals surface area (Å²) in [5, 5.41) is 2.53. The highest BCUT2D eigenvalue weighted by Gasteiger charge is 2.14. The molecule has 0 saturated heterocycles. The predicted molar refractivity (Wildman–Crippen MR) is 75.2 cm³/mol. The zero-order chi connectivity index (χ0) is 14.0. The van der Waals surface area contributed by atoms with E-state index in [4.69, 9.17) is 28.9 Å². The number of carbonyl (C=O) groups excluding carboxylic acids is 1. The summed E-state index contributed by atoms with van der Waals surface area (Å²) in [4.78, 5) is 12.0. The van der Waals surface area contributed by atoms with E-state index in [0.29, 0.717) is 5.69 Å². The summed E-state index contributed by atoms with van der Waals surface area (Å²) in [5.74, 6) is -1.23. The SMILES string of the molecule is Nc1ccc(C(=O)Nc2cccc(Cl)c2F)c(Cl)c1. The van der Waals surface area contributed by atoms with Crippen LogP contribution in [0.2, 0.25) is 10.0 Å². The maximum Gasteiger partial charge on any atom is 0.257 e. The zero-order valence-electron chi connectivity index (χ0n) is 9.58. The molecule has 0 heterocycles. The van der Waals surface area contributed by atoms with E-state index >= 15 is 0 Å². The van der Waals surface area contributed by atoms with Gasteiger partial charge < -0.3 is 11.1 Å². The lowest BCUT2D eigenvalue weighted by atomic mass is 10.2. The molecule has 0 atom stereocenters. The van der Waals surface area contributed by atoms with Gasteiger partial charge in [0.15, 0.2) is 5.82 Å². The van der Waals surface area contributed by atoms with Crippen molar-refractivity contribution in [3.63, 3.8) is 0 Å². The summed E-state index contributed by atoms with van der Waals surface area (Å²) in [6.07, 6.45) is 0. The molecular weight excluding hydrogens is 290 g/mol. The number of benzene rings is 2. The van der Waals surface area contributed by atoms with Gasteiger partial charge in [0.1, 0.15) is 0 Å². The zero-order valence-corrected chi connectivity index (χ0v) is 11.1. The van der Waals surface area contributed by atoms with Gasteiger partial charge in [-0.1, -0.05) is 29.3 Å². The summed E-state index contributed by atoms with van der Waals surface area (Å²) < 4.78 is 13.6. The summed E-state index contributed by atoms with van der Waals surface area (Å²) in [6.45, 7) is 0. The predicted octanol–water partition coefficient (Wildman–Crippen LogP) is 3.97. The fourth-order valence-electron chi connectivity index (χ4n) is 1.51. The van der Waals surface area contributed by atoms with Gasteiger partial charge in [-0.15, -0.1) is 0 Å². The molecule has 0 spiro atoms. The Bertz CT molecular complexity index is 647. The molecule has 0 saturated carbocycles. The molecule has 1 amide bonds. The third-order valence-electron chi connectivity index (χ3n) is 2.44. The van der Waals surface area contributed by atoms with E-state index in [2.05, 4.69) is 5.32 Å². The van der Waals surface area contributed by atoms with Gasteiger partial charge in [0.2, 0.25) is 0 Å².